The van der Waals surface area contributed by atoms with E-state index < -0.39 is 0 Å². The summed E-state index contributed by atoms with van der Waals surface area (Å²) in [4.78, 5) is 11.7. The molecule has 19 heavy (non-hydrogen) atoms. The van der Waals surface area contributed by atoms with Crippen LogP contribution in [0.15, 0.2) is 22.8 Å². The minimum atomic E-state index is 0.377. The molecule has 0 amide bonds. The third kappa shape index (κ3) is 8.63. The maximum atomic E-state index is 11.7. The van der Waals surface area contributed by atoms with Crippen LogP contribution in [0.4, 0.5) is 0 Å². The van der Waals surface area contributed by atoms with Crippen molar-refractivity contribution in [2.45, 2.75) is 77.6 Å². The lowest BCUT2D eigenvalue weighted by Crippen LogP contribution is -1.99. The molecule has 0 fully saturated rings. The number of aryl methyl sites for hydroxylation is 1. The van der Waals surface area contributed by atoms with E-state index in [9.17, 15) is 4.79 Å². The number of Topliss-reactive ketones (excluding diaryl/α,β-unsaturated/α-hetero) is 1. The molecule has 0 radical (unpaired) electrons. The zero-order valence-corrected chi connectivity index (χ0v) is 12.3. The molecule has 1 aromatic heterocycles. The van der Waals surface area contributed by atoms with Gasteiger partial charge in [0.25, 0.3) is 0 Å². The van der Waals surface area contributed by atoms with Gasteiger partial charge in [0, 0.05) is 19.3 Å². The quantitative estimate of drug-likeness (QED) is 0.479. The number of unbranched alkanes of at least 4 members (excludes halogenated alkanes) is 7. The van der Waals surface area contributed by atoms with Gasteiger partial charge in [-0.25, -0.2) is 0 Å². The van der Waals surface area contributed by atoms with Crippen molar-refractivity contribution in [2.24, 2.45) is 0 Å². The van der Waals surface area contributed by atoms with Crippen LogP contribution in [0.2, 0.25) is 0 Å². The first-order valence-electron chi connectivity index (χ1n) is 7.87. The predicted octanol–water partition coefficient (Wildman–Crippen LogP) is 5.31. The fourth-order valence-electron chi connectivity index (χ4n) is 2.30. The normalized spacial score (nSPS) is 10.8. The van der Waals surface area contributed by atoms with Crippen LogP contribution in [0.25, 0.3) is 0 Å². The molecule has 0 bridgehead atoms. The lowest BCUT2D eigenvalue weighted by atomic mass is 10.0. The second-order valence-electron chi connectivity index (χ2n) is 5.34. The summed E-state index contributed by atoms with van der Waals surface area (Å²) >= 11 is 0. The third-order valence-corrected chi connectivity index (χ3v) is 3.54. The minimum absolute atomic E-state index is 0.377. The van der Waals surface area contributed by atoms with Crippen molar-refractivity contribution in [3.63, 3.8) is 0 Å². The molecule has 0 atom stereocenters. The van der Waals surface area contributed by atoms with Gasteiger partial charge in [0.15, 0.2) is 0 Å². The highest BCUT2D eigenvalue weighted by molar-refractivity contribution is 5.78. The Morgan fingerprint density at radius 3 is 2.32 bits per heavy atom. The van der Waals surface area contributed by atoms with Crippen molar-refractivity contribution in [2.75, 3.05) is 0 Å². The van der Waals surface area contributed by atoms with Gasteiger partial charge in [-0.05, 0) is 18.6 Å². The monoisotopic (exact) mass is 264 g/mol. The molecule has 0 saturated carbocycles. The maximum Gasteiger partial charge on any atom is 0.133 e. The van der Waals surface area contributed by atoms with Crippen LogP contribution < -0.4 is 0 Å². The summed E-state index contributed by atoms with van der Waals surface area (Å²) in [5.41, 5.74) is 0. The highest BCUT2D eigenvalue weighted by Gasteiger charge is 2.04. The first-order valence-corrected chi connectivity index (χ1v) is 7.87. The van der Waals surface area contributed by atoms with Crippen LogP contribution in [0.1, 0.15) is 76.9 Å². The Morgan fingerprint density at radius 1 is 1.00 bits per heavy atom. The van der Waals surface area contributed by atoms with Gasteiger partial charge in [-0.2, -0.15) is 0 Å². The molecule has 1 heterocycles. The second kappa shape index (κ2) is 10.8. The summed E-state index contributed by atoms with van der Waals surface area (Å²) < 4.78 is 5.22. The Balaban J connectivity index is 1.87. The van der Waals surface area contributed by atoms with E-state index in [1.54, 1.807) is 6.26 Å². The van der Waals surface area contributed by atoms with Crippen LogP contribution in [0.3, 0.4) is 0 Å². The second-order valence-corrected chi connectivity index (χ2v) is 5.34. The van der Waals surface area contributed by atoms with Gasteiger partial charge in [-0.3, -0.25) is 4.79 Å². The molecule has 2 nitrogen and oxygen atoms in total. The fraction of sp³-hybridized carbons (Fsp3) is 0.706. The zero-order valence-electron chi connectivity index (χ0n) is 12.3. The van der Waals surface area contributed by atoms with Gasteiger partial charge in [-0.1, -0.05) is 51.9 Å². The smallest absolute Gasteiger partial charge is 0.133 e. The van der Waals surface area contributed by atoms with Gasteiger partial charge in [0.2, 0.25) is 0 Å². The third-order valence-electron chi connectivity index (χ3n) is 3.54. The summed E-state index contributed by atoms with van der Waals surface area (Å²) in [6.07, 6.45) is 14.1. The molecule has 0 aliphatic carbocycles. The van der Waals surface area contributed by atoms with E-state index >= 15 is 0 Å². The van der Waals surface area contributed by atoms with E-state index in [2.05, 4.69) is 6.92 Å². The average Bonchev–Trinajstić information content (AvgIpc) is 2.93. The number of furan rings is 1. The summed E-state index contributed by atoms with van der Waals surface area (Å²) in [6, 6.07) is 3.81. The van der Waals surface area contributed by atoms with E-state index in [-0.39, 0.29) is 0 Å². The number of ketones is 1. The van der Waals surface area contributed by atoms with Crippen LogP contribution in [-0.2, 0) is 11.2 Å². The first kappa shape index (κ1) is 16.0. The molecule has 0 saturated heterocycles. The molecule has 1 aromatic rings. The Kier molecular flexibility index (Phi) is 9.13. The topological polar surface area (TPSA) is 30.2 Å². The van der Waals surface area contributed by atoms with Crippen LogP contribution in [-0.4, -0.2) is 5.78 Å². The van der Waals surface area contributed by atoms with Crippen molar-refractivity contribution in [1.82, 2.24) is 0 Å². The van der Waals surface area contributed by atoms with Gasteiger partial charge < -0.3 is 4.42 Å². The van der Waals surface area contributed by atoms with Crippen LogP contribution in [0.5, 0.6) is 0 Å². The first-order chi connectivity index (χ1) is 9.33. The molecular weight excluding hydrogens is 236 g/mol. The Bertz CT molecular complexity index is 314. The number of hydrogen-bond donors (Lipinski definition) is 0. The molecule has 0 aliphatic rings. The number of hydrogen-bond acceptors (Lipinski definition) is 2. The van der Waals surface area contributed by atoms with E-state index in [1.165, 1.54) is 44.9 Å². The van der Waals surface area contributed by atoms with Crippen LogP contribution >= 0.6 is 0 Å². The summed E-state index contributed by atoms with van der Waals surface area (Å²) in [7, 11) is 0. The van der Waals surface area contributed by atoms with Crippen molar-refractivity contribution in [1.29, 1.82) is 0 Å². The van der Waals surface area contributed by atoms with Crippen molar-refractivity contribution >= 4 is 5.78 Å². The largest absolute Gasteiger partial charge is 0.469 e. The average molecular weight is 264 g/mol. The summed E-state index contributed by atoms with van der Waals surface area (Å²) in [5.74, 6) is 1.30. The molecule has 0 spiro atoms. The molecular formula is C17H28O2. The minimum Gasteiger partial charge on any atom is -0.469 e. The summed E-state index contributed by atoms with van der Waals surface area (Å²) in [5, 5.41) is 0. The Morgan fingerprint density at radius 2 is 1.68 bits per heavy atom. The molecule has 108 valence electrons. The highest BCUT2D eigenvalue weighted by Crippen LogP contribution is 2.11. The SMILES string of the molecule is CCCCCCCCCCC(=O)CCc1ccco1. The Labute approximate surface area is 117 Å². The lowest BCUT2D eigenvalue weighted by Gasteiger charge is -2.01. The fourth-order valence-corrected chi connectivity index (χ4v) is 2.30. The van der Waals surface area contributed by atoms with Gasteiger partial charge >= 0.3 is 0 Å². The van der Waals surface area contributed by atoms with Crippen molar-refractivity contribution < 1.29 is 9.21 Å². The number of rotatable bonds is 12. The van der Waals surface area contributed by atoms with E-state index in [0.717, 1.165) is 25.0 Å². The standard InChI is InChI=1S/C17H28O2/c1-2-3-4-5-6-7-8-9-11-16(18)13-14-17-12-10-15-19-17/h10,12,15H,2-9,11,13-14H2,1H3. The number of carbonyl (C=O) groups is 1. The van der Waals surface area contributed by atoms with Gasteiger partial charge in [0.1, 0.15) is 11.5 Å². The van der Waals surface area contributed by atoms with Gasteiger partial charge in [-0.15, -0.1) is 0 Å². The van der Waals surface area contributed by atoms with Gasteiger partial charge in [0.05, 0.1) is 6.26 Å². The molecule has 0 aliphatic heterocycles. The van der Waals surface area contributed by atoms with Crippen molar-refractivity contribution in [3.8, 4) is 0 Å². The van der Waals surface area contributed by atoms with E-state index in [0.29, 0.717) is 12.2 Å². The van der Waals surface area contributed by atoms with Crippen molar-refractivity contribution in [3.05, 3.63) is 24.2 Å². The maximum absolute atomic E-state index is 11.7. The summed E-state index contributed by atoms with van der Waals surface area (Å²) in [6.45, 7) is 2.24. The Hall–Kier alpha value is -1.05. The highest BCUT2D eigenvalue weighted by atomic mass is 16.3. The van der Waals surface area contributed by atoms with E-state index in [1.807, 2.05) is 12.1 Å². The molecule has 0 aromatic carbocycles. The zero-order chi connectivity index (χ0) is 13.8. The van der Waals surface area contributed by atoms with Crippen LogP contribution in [0, 0.1) is 0 Å². The molecule has 2 heteroatoms. The molecule has 1 rings (SSSR count). The number of carbonyl (C=O) groups excluding carboxylic acids is 1. The molecule has 0 unspecified atom stereocenters. The lowest BCUT2D eigenvalue weighted by molar-refractivity contribution is -0.119. The van der Waals surface area contributed by atoms with E-state index in [4.69, 9.17) is 4.42 Å². The molecule has 0 N–H and O–H groups in total. The predicted molar refractivity (Wildman–Crippen MR) is 79.3 cm³/mol.